The van der Waals surface area contributed by atoms with Crippen LogP contribution in [0.15, 0.2) is 52.9 Å². The van der Waals surface area contributed by atoms with Crippen LogP contribution in [0.25, 0.3) is 11.3 Å². The monoisotopic (exact) mass is 406 g/mol. The average molecular weight is 407 g/mol. The normalized spacial score (nSPS) is 11.4. The third kappa shape index (κ3) is 4.19. The predicted molar refractivity (Wildman–Crippen MR) is 107 cm³/mol. The van der Waals surface area contributed by atoms with Crippen molar-refractivity contribution in [1.82, 2.24) is 4.98 Å². The Balaban J connectivity index is 1.74. The molecule has 0 aliphatic heterocycles. The van der Waals surface area contributed by atoms with Gasteiger partial charge in [-0.1, -0.05) is 23.2 Å². The number of nitrogens with one attached hydrogen (secondary N) is 1. The topological polar surface area (TPSA) is 80.4 Å². The number of rotatable bonds is 5. The van der Waals surface area contributed by atoms with Crippen molar-refractivity contribution in [3.05, 3.63) is 73.6 Å². The van der Waals surface area contributed by atoms with Crippen molar-refractivity contribution in [1.29, 1.82) is 0 Å². The molecular formula is C17H12Cl2N4O2S. The summed E-state index contributed by atoms with van der Waals surface area (Å²) in [6.45, 7) is 1.80. The zero-order valence-corrected chi connectivity index (χ0v) is 15.8. The first kappa shape index (κ1) is 18.3. The molecule has 9 heteroatoms. The second-order valence-corrected chi connectivity index (χ2v) is 6.98. The summed E-state index contributed by atoms with van der Waals surface area (Å²) in [5.41, 5.74) is 5.91. The van der Waals surface area contributed by atoms with Gasteiger partial charge in [-0.05, 0) is 42.8 Å². The van der Waals surface area contributed by atoms with Gasteiger partial charge in [-0.2, -0.15) is 5.10 Å². The maximum Gasteiger partial charge on any atom is 0.269 e. The summed E-state index contributed by atoms with van der Waals surface area (Å²) in [6, 6.07) is 11.4. The van der Waals surface area contributed by atoms with Gasteiger partial charge in [0.1, 0.15) is 0 Å². The Kier molecular flexibility index (Phi) is 5.51. The van der Waals surface area contributed by atoms with Gasteiger partial charge in [-0.25, -0.2) is 4.98 Å². The molecule has 3 rings (SSSR count). The standard InChI is InChI=1S/C17H12Cl2N4O2S/c1-10(11-2-5-13(6-3-11)23(24)25)21-22-17-20-16(9-26-17)14-7-4-12(18)8-15(14)19/h2-9H,1H3,(H,20,22)/b21-10-. The number of aromatic nitrogens is 1. The lowest BCUT2D eigenvalue weighted by Crippen LogP contribution is -2.00. The maximum absolute atomic E-state index is 10.7. The van der Waals surface area contributed by atoms with E-state index in [1.807, 2.05) is 11.4 Å². The number of nitrogens with zero attached hydrogens (tertiary/aromatic N) is 3. The highest BCUT2D eigenvalue weighted by Crippen LogP contribution is 2.32. The fourth-order valence-corrected chi connectivity index (χ4v) is 3.32. The molecule has 0 bridgehead atoms. The number of non-ortho nitro benzene ring substituents is 1. The minimum absolute atomic E-state index is 0.0407. The Morgan fingerprint density at radius 2 is 1.96 bits per heavy atom. The van der Waals surface area contributed by atoms with Crippen molar-refractivity contribution in [3.63, 3.8) is 0 Å². The van der Waals surface area contributed by atoms with Crippen LogP contribution in [0.1, 0.15) is 12.5 Å². The van der Waals surface area contributed by atoms with E-state index in [2.05, 4.69) is 15.5 Å². The van der Waals surface area contributed by atoms with E-state index in [-0.39, 0.29) is 5.69 Å². The summed E-state index contributed by atoms with van der Waals surface area (Å²) in [4.78, 5) is 14.7. The second kappa shape index (κ2) is 7.82. The SMILES string of the molecule is C/C(=N/Nc1nc(-c2ccc(Cl)cc2Cl)cs1)c1ccc([N+](=O)[O-])cc1. The van der Waals surface area contributed by atoms with Gasteiger partial charge in [-0.15, -0.1) is 11.3 Å². The molecule has 0 atom stereocenters. The van der Waals surface area contributed by atoms with E-state index in [0.29, 0.717) is 20.9 Å². The second-order valence-electron chi connectivity index (χ2n) is 5.28. The van der Waals surface area contributed by atoms with Crippen LogP contribution in [0.4, 0.5) is 10.8 Å². The number of halogens is 2. The molecule has 2 aromatic carbocycles. The lowest BCUT2D eigenvalue weighted by atomic mass is 10.1. The van der Waals surface area contributed by atoms with Crippen LogP contribution in [0, 0.1) is 10.1 Å². The number of nitro benzene ring substituents is 1. The van der Waals surface area contributed by atoms with Crippen LogP contribution in [0.5, 0.6) is 0 Å². The minimum atomic E-state index is -0.437. The summed E-state index contributed by atoms with van der Waals surface area (Å²) < 4.78 is 0. The highest BCUT2D eigenvalue weighted by molar-refractivity contribution is 7.14. The average Bonchev–Trinajstić information content (AvgIpc) is 3.08. The van der Waals surface area contributed by atoms with Crippen LogP contribution >= 0.6 is 34.5 Å². The molecule has 0 saturated carbocycles. The highest BCUT2D eigenvalue weighted by Gasteiger charge is 2.09. The molecule has 0 unspecified atom stereocenters. The maximum atomic E-state index is 10.7. The van der Waals surface area contributed by atoms with Crippen molar-refractivity contribution in [2.24, 2.45) is 5.10 Å². The summed E-state index contributed by atoms with van der Waals surface area (Å²) in [6.07, 6.45) is 0. The molecule has 1 aromatic heterocycles. The molecule has 0 amide bonds. The first-order chi connectivity index (χ1) is 12.4. The molecule has 1 N–H and O–H groups in total. The fraction of sp³-hybridized carbons (Fsp3) is 0.0588. The van der Waals surface area contributed by atoms with Gasteiger partial charge in [0.15, 0.2) is 0 Å². The first-order valence-corrected chi connectivity index (χ1v) is 9.03. The van der Waals surface area contributed by atoms with Crippen molar-refractivity contribution >= 4 is 51.1 Å². The van der Waals surface area contributed by atoms with E-state index in [4.69, 9.17) is 23.2 Å². The molecule has 0 spiro atoms. The third-order valence-corrected chi connectivity index (χ3v) is 4.82. The summed E-state index contributed by atoms with van der Waals surface area (Å²) in [5.74, 6) is 0. The largest absolute Gasteiger partial charge is 0.269 e. The molecule has 0 saturated heterocycles. The lowest BCUT2D eigenvalue weighted by Gasteiger charge is -2.02. The van der Waals surface area contributed by atoms with E-state index < -0.39 is 4.92 Å². The van der Waals surface area contributed by atoms with Crippen LogP contribution in [-0.2, 0) is 0 Å². The van der Waals surface area contributed by atoms with E-state index in [1.165, 1.54) is 23.5 Å². The molecule has 0 aliphatic carbocycles. The van der Waals surface area contributed by atoms with Crippen molar-refractivity contribution < 1.29 is 4.92 Å². The molecule has 0 aliphatic rings. The predicted octanol–water partition coefficient (Wildman–Crippen LogP) is 5.86. The number of hydrogen-bond acceptors (Lipinski definition) is 6. The molecule has 3 aromatic rings. The number of thiazole rings is 1. The fourth-order valence-electron chi connectivity index (χ4n) is 2.17. The molecule has 0 radical (unpaired) electrons. The molecule has 132 valence electrons. The first-order valence-electron chi connectivity index (χ1n) is 7.40. The Labute approximate surface area is 163 Å². The minimum Gasteiger partial charge on any atom is -0.258 e. The zero-order chi connectivity index (χ0) is 18.7. The van der Waals surface area contributed by atoms with E-state index in [0.717, 1.165) is 16.8 Å². The molecule has 1 heterocycles. The van der Waals surface area contributed by atoms with Crippen molar-refractivity contribution in [3.8, 4) is 11.3 Å². The number of nitro groups is 1. The third-order valence-electron chi connectivity index (χ3n) is 3.53. The van der Waals surface area contributed by atoms with Gasteiger partial charge in [0.05, 0.1) is 21.4 Å². The van der Waals surface area contributed by atoms with Gasteiger partial charge in [0.2, 0.25) is 5.13 Å². The number of hydrogen-bond donors (Lipinski definition) is 1. The number of hydrazone groups is 1. The van der Waals surface area contributed by atoms with Gasteiger partial charge in [0, 0.05) is 28.1 Å². The van der Waals surface area contributed by atoms with Crippen LogP contribution in [0.3, 0.4) is 0 Å². The number of anilines is 1. The molecule has 26 heavy (non-hydrogen) atoms. The van der Waals surface area contributed by atoms with E-state index in [1.54, 1.807) is 31.2 Å². The van der Waals surface area contributed by atoms with Gasteiger partial charge < -0.3 is 0 Å². The Morgan fingerprint density at radius 1 is 1.23 bits per heavy atom. The quantitative estimate of drug-likeness (QED) is 0.326. The zero-order valence-electron chi connectivity index (χ0n) is 13.4. The summed E-state index contributed by atoms with van der Waals surface area (Å²) >= 11 is 13.5. The van der Waals surface area contributed by atoms with Crippen LogP contribution < -0.4 is 5.43 Å². The Bertz CT molecular complexity index is 987. The van der Waals surface area contributed by atoms with Gasteiger partial charge in [0.25, 0.3) is 5.69 Å². The van der Waals surface area contributed by atoms with Crippen molar-refractivity contribution in [2.45, 2.75) is 6.92 Å². The Morgan fingerprint density at radius 3 is 2.62 bits per heavy atom. The Hall–Kier alpha value is -2.48. The van der Waals surface area contributed by atoms with E-state index >= 15 is 0 Å². The highest BCUT2D eigenvalue weighted by atomic mass is 35.5. The van der Waals surface area contributed by atoms with Gasteiger partial charge in [-0.3, -0.25) is 15.5 Å². The van der Waals surface area contributed by atoms with Gasteiger partial charge >= 0.3 is 0 Å². The van der Waals surface area contributed by atoms with Crippen molar-refractivity contribution in [2.75, 3.05) is 5.43 Å². The van der Waals surface area contributed by atoms with Crippen LogP contribution in [0.2, 0.25) is 10.0 Å². The molecular weight excluding hydrogens is 395 g/mol. The summed E-state index contributed by atoms with van der Waals surface area (Å²) in [7, 11) is 0. The molecule has 0 fully saturated rings. The summed E-state index contributed by atoms with van der Waals surface area (Å²) in [5, 5.41) is 18.5. The molecule has 6 nitrogen and oxygen atoms in total. The number of benzene rings is 2. The van der Waals surface area contributed by atoms with E-state index in [9.17, 15) is 10.1 Å². The van der Waals surface area contributed by atoms with Crippen LogP contribution in [-0.4, -0.2) is 15.6 Å². The lowest BCUT2D eigenvalue weighted by molar-refractivity contribution is -0.384. The smallest absolute Gasteiger partial charge is 0.258 e.